The molecule has 3 rings (SSSR count). The number of nitro groups is 1. The van der Waals surface area contributed by atoms with E-state index in [-0.39, 0.29) is 31.1 Å². The summed E-state index contributed by atoms with van der Waals surface area (Å²) in [5, 5.41) is 11.6. The van der Waals surface area contributed by atoms with Crippen LogP contribution in [0, 0.1) is 10.1 Å². The molecule has 0 bridgehead atoms. The van der Waals surface area contributed by atoms with Crippen molar-refractivity contribution >= 4 is 23.5 Å². The molecule has 1 unspecified atom stereocenters. The van der Waals surface area contributed by atoms with Crippen LogP contribution in [0.15, 0.2) is 48.9 Å². The fourth-order valence-corrected chi connectivity index (χ4v) is 4.16. The first-order valence-corrected chi connectivity index (χ1v) is 13.3. The highest BCUT2D eigenvalue weighted by Gasteiger charge is 2.61. The van der Waals surface area contributed by atoms with Crippen LogP contribution in [0.5, 0.6) is 0 Å². The van der Waals surface area contributed by atoms with Crippen molar-refractivity contribution in [3.05, 3.63) is 81.6 Å². The van der Waals surface area contributed by atoms with E-state index in [1.165, 1.54) is 54.6 Å². The standard InChI is InChI=1S/C27H26F6N4O9/c1-2-43-20(38)14-18-17(26(28,29)30)13-19(37(41)42)22(34-18)23(39)35-36-24(40)25(27(31,32)33,10-6-9-21-44-11-12-45-21)46-15-16-7-4-3-5-8-16/h3-5,7-8,11-13,21H,2,6,9-10,14-15H2,1H3,(H,35,39)(H,36,40). The minimum absolute atomic E-state index is 0.0662. The molecule has 13 nitrogen and oxygen atoms in total. The highest BCUT2D eigenvalue weighted by molar-refractivity contribution is 5.98. The molecule has 2 N–H and O–H groups in total. The summed E-state index contributed by atoms with van der Waals surface area (Å²) in [6.45, 7) is 0.395. The molecule has 46 heavy (non-hydrogen) atoms. The number of nitrogens with one attached hydrogen (secondary N) is 2. The quantitative estimate of drug-likeness (QED) is 0.136. The lowest BCUT2D eigenvalue weighted by Gasteiger charge is -2.34. The fourth-order valence-electron chi connectivity index (χ4n) is 4.16. The van der Waals surface area contributed by atoms with Crippen molar-refractivity contribution in [2.24, 2.45) is 0 Å². The summed E-state index contributed by atoms with van der Waals surface area (Å²) in [6.07, 6.45) is -11.9. The number of halogens is 6. The van der Waals surface area contributed by atoms with Crippen molar-refractivity contribution in [2.75, 3.05) is 6.61 Å². The second kappa shape index (κ2) is 14.9. The largest absolute Gasteiger partial charge is 0.466 e. The molecule has 2 heterocycles. The number of carbonyl (C=O) groups is 3. The van der Waals surface area contributed by atoms with E-state index in [4.69, 9.17) is 14.2 Å². The minimum Gasteiger partial charge on any atom is -0.466 e. The third-order valence-corrected chi connectivity index (χ3v) is 6.34. The summed E-state index contributed by atoms with van der Waals surface area (Å²) in [6, 6.07) is 7.40. The Morgan fingerprint density at radius 3 is 2.26 bits per heavy atom. The average Bonchev–Trinajstić information content (AvgIpc) is 3.50. The molecule has 0 fully saturated rings. The van der Waals surface area contributed by atoms with Crippen molar-refractivity contribution in [3.8, 4) is 0 Å². The fraction of sp³-hybridized carbons (Fsp3) is 0.407. The van der Waals surface area contributed by atoms with Gasteiger partial charge in [0.25, 0.3) is 11.8 Å². The van der Waals surface area contributed by atoms with Crippen molar-refractivity contribution in [2.45, 2.75) is 63.5 Å². The number of alkyl halides is 6. The number of hydrazine groups is 1. The third kappa shape index (κ3) is 8.83. The van der Waals surface area contributed by atoms with Gasteiger partial charge in [-0.1, -0.05) is 30.3 Å². The molecule has 0 aliphatic carbocycles. The van der Waals surface area contributed by atoms with E-state index in [1.807, 2.05) is 0 Å². The number of ether oxygens (including phenoxy) is 4. The van der Waals surface area contributed by atoms with Crippen LogP contribution >= 0.6 is 0 Å². The first-order chi connectivity index (χ1) is 21.6. The topological polar surface area (TPSA) is 168 Å². The lowest BCUT2D eigenvalue weighted by Crippen LogP contribution is -2.61. The van der Waals surface area contributed by atoms with Crippen molar-refractivity contribution in [3.63, 3.8) is 0 Å². The second-order valence-corrected chi connectivity index (χ2v) is 9.46. The molecule has 19 heteroatoms. The molecule has 0 saturated carbocycles. The van der Waals surface area contributed by atoms with Crippen LogP contribution in [-0.2, 0) is 47.7 Å². The molecule has 250 valence electrons. The van der Waals surface area contributed by atoms with Gasteiger partial charge in [-0.05, 0) is 25.3 Å². The average molecular weight is 665 g/mol. The number of benzene rings is 1. The van der Waals surface area contributed by atoms with Crippen LogP contribution in [0.3, 0.4) is 0 Å². The van der Waals surface area contributed by atoms with Crippen LogP contribution in [0.4, 0.5) is 32.0 Å². The molecule has 0 spiro atoms. The van der Waals surface area contributed by atoms with E-state index in [1.54, 1.807) is 6.07 Å². The van der Waals surface area contributed by atoms with Crippen molar-refractivity contribution < 1.29 is 64.6 Å². The molecule has 2 amide bonds. The Morgan fingerprint density at radius 2 is 1.70 bits per heavy atom. The van der Waals surface area contributed by atoms with Gasteiger partial charge in [0.05, 0.1) is 35.8 Å². The van der Waals surface area contributed by atoms with E-state index in [2.05, 4.69) is 9.72 Å². The molecule has 2 aromatic rings. The Kier molecular flexibility index (Phi) is 11.5. The monoisotopic (exact) mass is 664 g/mol. The van der Waals surface area contributed by atoms with Crippen LogP contribution in [-0.4, -0.2) is 52.4 Å². The number of hydrogen-bond donors (Lipinski definition) is 2. The molecule has 1 aliphatic rings. The zero-order valence-corrected chi connectivity index (χ0v) is 23.8. The maximum absolute atomic E-state index is 14.6. The number of aromatic nitrogens is 1. The van der Waals surface area contributed by atoms with Crippen molar-refractivity contribution in [1.82, 2.24) is 15.8 Å². The van der Waals surface area contributed by atoms with E-state index in [0.717, 1.165) is 0 Å². The predicted molar refractivity (Wildman–Crippen MR) is 141 cm³/mol. The first-order valence-electron chi connectivity index (χ1n) is 13.3. The smallest absolute Gasteiger partial charge is 0.426 e. The van der Waals surface area contributed by atoms with Gasteiger partial charge in [-0.25, -0.2) is 4.98 Å². The van der Waals surface area contributed by atoms with E-state index < -0.39 is 89.0 Å². The van der Waals surface area contributed by atoms with Crippen LogP contribution in [0.1, 0.15) is 53.5 Å². The molecular weight excluding hydrogens is 638 g/mol. The Hall–Kier alpha value is -4.94. The highest BCUT2D eigenvalue weighted by Crippen LogP contribution is 2.40. The molecular formula is C27H26F6N4O9. The Balaban J connectivity index is 1.92. The number of esters is 1. The number of carbonyl (C=O) groups excluding carboxylic acids is 3. The summed E-state index contributed by atoms with van der Waals surface area (Å²) >= 11 is 0. The summed E-state index contributed by atoms with van der Waals surface area (Å²) in [5.41, 5.74) is -6.08. The highest BCUT2D eigenvalue weighted by atomic mass is 19.4. The number of pyridine rings is 1. The predicted octanol–water partition coefficient (Wildman–Crippen LogP) is 4.41. The third-order valence-electron chi connectivity index (χ3n) is 6.34. The van der Waals surface area contributed by atoms with E-state index in [9.17, 15) is 50.8 Å². The Morgan fingerprint density at radius 1 is 1.04 bits per heavy atom. The normalized spacial score (nSPS) is 14.5. The summed E-state index contributed by atoms with van der Waals surface area (Å²) in [7, 11) is 0. The van der Waals surface area contributed by atoms with E-state index >= 15 is 0 Å². The lowest BCUT2D eigenvalue weighted by molar-refractivity contribution is -0.385. The molecule has 1 aliphatic heterocycles. The van der Waals surface area contributed by atoms with Gasteiger partial charge in [-0.3, -0.25) is 35.3 Å². The van der Waals surface area contributed by atoms with Gasteiger partial charge in [0.1, 0.15) is 12.5 Å². The zero-order chi connectivity index (χ0) is 34.1. The number of rotatable bonds is 13. The number of amides is 2. The Labute approximate surface area is 256 Å². The Bertz CT molecular complexity index is 1450. The molecule has 1 aromatic carbocycles. The van der Waals surface area contributed by atoms with Gasteiger partial charge in [0.2, 0.25) is 17.6 Å². The van der Waals surface area contributed by atoms with Gasteiger partial charge in [0.15, 0.2) is 0 Å². The summed E-state index contributed by atoms with van der Waals surface area (Å²) < 4.78 is 105. The van der Waals surface area contributed by atoms with Crippen LogP contribution in [0.2, 0.25) is 0 Å². The SMILES string of the molecule is CCOC(=O)Cc1nc(C(=O)NNC(=O)C(CCCC2OC=CO2)(OCc2ccccc2)C(F)(F)F)c([N+](=O)[O-])cc1C(F)(F)F. The maximum atomic E-state index is 14.6. The number of hydrogen-bond acceptors (Lipinski definition) is 10. The summed E-state index contributed by atoms with van der Waals surface area (Å²) in [5.74, 6) is -4.95. The van der Waals surface area contributed by atoms with Gasteiger partial charge >= 0.3 is 24.0 Å². The van der Waals surface area contributed by atoms with E-state index in [0.29, 0.717) is 0 Å². The van der Waals surface area contributed by atoms with Crippen molar-refractivity contribution in [1.29, 1.82) is 0 Å². The molecule has 1 aromatic heterocycles. The zero-order valence-electron chi connectivity index (χ0n) is 23.8. The first kappa shape index (κ1) is 35.5. The molecule has 0 saturated heterocycles. The summed E-state index contributed by atoms with van der Waals surface area (Å²) in [4.78, 5) is 51.4. The number of nitrogens with zero attached hydrogens (tertiary/aromatic N) is 2. The van der Waals surface area contributed by atoms with Gasteiger partial charge in [0, 0.05) is 12.5 Å². The van der Waals surface area contributed by atoms with Gasteiger partial charge < -0.3 is 18.9 Å². The lowest BCUT2D eigenvalue weighted by atomic mass is 9.94. The second-order valence-electron chi connectivity index (χ2n) is 9.46. The van der Waals surface area contributed by atoms with Gasteiger partial charge in [-0.15, -0.1) is 0 Å². The van der Waals surface area contributed by atoms with Crippen LogP contribution in [0.25, 0.3) is 0 Å². The minimum atomic E-state index is -5.41. The molecule has 1 atom stereocenters. The van der Waals surface area contributed by atoms with Crippen LogP contribution < -0.4 is 10.9 Å². The molecule has 0 radical (unpaired) electrons. The van der Waals surface area contributed by atoms with Gasteiger partial charge in [-0.2, -0.15) is 26.3 Å². The maximum Gasteiger partial charge on any atom is 0.426 e.